The fourth-order valence-electron chi connectivity index (χ4n) is 2.94. The van der Waals surface area contributed by atoms with Gasteiger partial charge in [0.1, 0.15) is 0 Å². The van der Waals surface area contributed by atoms with Crippen molar-refractivity contribution in [3.05, 3.63) is 12.2 Å². The van der Waals surface area contributed by atoms with Crippen LogP contribution in [0.4, 0.5) is 0 Å². The van der Waals surface area contributed by atoms with E-state index in [2.05, 4.69) is 29.7 Å². The van der Waals surface area contributed by atoms with E-state index < -0.39 is 0 Å². The molecule has 0 saturated heterocycles. The highest BCUT2D eigenvalue weighted by atomic mass is 16.1. The predicted octanol–water partition coefficient (Wildman–Crippen LogP) is 5.75. The highest BCUT2D eigenvalue weighted by Gasteiger charge is 1.99. The zero-order valence-electron chi connectivity index (χ0n) is 17.1. The molecule has 0 bridgehead atoms. The lowest BCUT2D eigenvalue weighted by molar-refractivity contribution is -0.121. The largest absolute Gasteiger partial charge is 0.356 e. The first-order valence-corrected chi connectivity index (χ1v) is 10.9. The molecular weight excluding hydrogens is 308 g/mol. The summed E-state index contributed by atoms with van der Waals surface area (Å²) in [4.78, 5) is 11.6. The lowest BCUT2D eigenvalue weighted by Crippen LogP contribution is -2.26. The molecule has 2 N–H and O–H groups in total. The number of rotatable bonds is 19. The minimum absolute atomic E-state index is 0.216. The van der Waals surface area contributed by atoms with Gasteiger partial charge in [-0.2, -0.15) is 0 Å². The summed E-state index contributed by atoms with van der Waals surface area (Å²) in [5.41, 5.74) is 0. The maximum absolute atomic E-state index is 11.6. The first-order valence-electron chi connectivity index (χ1n) is 10.9. The summed E-state index contributed by atoms with van der Waals surface area (Å²) in [5, 5.41) is 6.06. The van der Waals surface area contributed by atoms with Gasteiger partial charge in [0.25, 0.3) is 0 Å². The summed E-state index contributed by atoms with van der Waals surface area (Å²) in [6.07, 6.45) is 23.3. The zero-order valence-corrected chi connectivity index (χ0v) is 17.1. The Morgan fingerprint density at radius 2 is 1.28 bits per heavy atom. The number of nitrogens with one attached hydrogen (secondary N) is 2. The Morgan fingerprint density at radius 3 is 1.88 bits per heavy atom. The lowest BCUT2D eigenvalue weighted by Gasteiger charge is -2.05. The van der Waals surface area contributed by atoms with Crippen LogP contribution in [-0.2, 0) is 4.79 Å². The fraction of sp³-hybridized carbons (Fsp3) is 0.864. The van der Waals surface area contributed by atoms with Crippen molar-refractivity contribution in [3.63, 3.8) is 0 Å². The van der Waals surface area contributed by atoms with Gasteiger partial charge < -0.3 is 10.6 Å². The Bertz CT molecular complexity index is 302. The minimum Gasteiger partial charge on any atom is -0.356 e. The number of carbonyl (C=O) groups excluding carboxylic acids is 1. The van der Waals surface area contributed by atoms with Crippen LogP contribution >= 0.6 is 0 Å². The summed E-state index contributed by atoms with van der Waals surface area (Å²) in [6, 6.07) is 0. The van der Waals surface area contributed by atoms with Crippen LogP contribution in [0.1, 0.15) is 103 Å². The van der Waals surface area contributed by atoms with Crippen LogP contribution in [0.3, 0.4) is 0 Å². The van der Waals surface area contributed by atoms with E-state index in [0.29, 0.717) is 6.42 Å². The van der Waals surface area contributed by atoms with Crippen molar-refractivity contribution < 1.29 is 4.79 Å². The summed E-state index contributed by atoms with van der Waals surface area (Å²) < 4.78 is 0. The molecule has 0 aromatic rings. The first-order chi connectivity index (χ1) is 12.3. The van der Waals surface area contributed by atoms with Crippen molar-refractivity contribution in [1.29, 1.82) is 0 Å². The standard InChI is InChI=1S/C22H44N2O/c1-3-4-5-6-7-8-9-10-11-12-13-14-15-16-17-19-22(25)24-21-18-20-23-2/h10-11,23H,3-9,12-21H2,1-2H3,(H,24,25)/b11-10-. The Morgan fingerprint density at radius 1 is 0.720 bits per heavy atom. The SMILES string of the molecule is CCCCCCCC/C=C\CCCCCCCC(=O)NCCCNC. The molecule has 0 aliphatic heterocycles. The monoisotopic (exact) mass is 352 g/mol. The van der Waals surface area contributed by atoms with Crippen LogP contribution in [0, 0.1) is 0 Å². The molecule has 25 heavy (non-hydrogen) atoms. The molecule has 0 fully saturated rings. The molecule has 0 radical (unpaired) electrons. The fourth-order valence-corrected chi connectivity index (χ4v) is 2.94. The molecule has 0 saturated carbocycles. The smallest absolute Gasteiger partial charge is 0.219 e. The molecule has 148 valence electrons. The topological polar surface area (TPSA) is 41.1 Å². The molecule has 0 spiro atoms. The van der Waals surface area contributed by atoms with Gasteiger partial charge in [0, 0.05) is 13.0 Å². The van der Waals surface area contributed by atoms with Gasteiger partial charge in [0.2, 0.25) is 5.91 Å². The number of hydrogen-bond donors (Lipinski definition) is 2. The predicted molar refractivity (Wildman–Crippen MR) is 111 cm³/mol. The maximum Gasteiger partial charge on any atom is 0.219 e. The van der Waals surface area contributed by atoms with Gasteiger partial charge in [-0.05, 0) is 52.1 Å². The van der Waals surface area contributed by atoms with Crippen LogP contribution in [0.15, 0.2) is 12.2 Å². The Labute approximate surface area is 157 Å². The molecule has 0 aliphatic carbocycles. The summed E-state index contributed by atoms with van der Waals surface area (Å²) in [7, 11) is 1.94. The average Bonchev–Trinajstić information content (AvgIpc) is 2.62. The van der Waals surface area contributed by atoms with Gasteiger partial charge in [0.05, 0.1) is 0 Å². The molecule has 3 nitrogen and oxygen atoms in total. The number of hydrogen-bond acceptors (Lipinski definition) is 2. The zero-order chi connectivity index (χ0) is 18.4. The average molecular weight is 353 g/mol. The van der Waals surface area contributed by atoms with Gasteiger partial charge in [-0.1, -0.05) is 70.4 Å². The van der Waals surface area contributed by atoms with Crippen LogP contribution in [0.2, 0.25) is 0 Å². The molecule has 0 aliphatic rings. The third kappa shape index (κ3) is 21.1. The van der Waals surface area contributed by atoms with Crippen LogP contribution in [0.25, 0.3) is 0 Å². The number of unbranched alkanes of at least 4 members (excludes halogenated alkanes) is 11. The summed E-state index contributed by atoms with van der Waals surface area (Å²) in [5.74, 6) is 0.216. The first kappa shape index (κ1) is 24.2. The molecule has 0 aromatic carbocycles. The molecule has 0 atom stereocenters. The third-order valence-electron chi connectivity index (χ3n) is 4.59. The van der Waals surface area contributed by atoms with Crippen molar-refractivity contribution in [2.45, 2.75) is 103 Å². The van der Waals surface area contributed by atoms with Crippen molar-refractivity contribution in [1.82, 2.24) is 10.6 Å². The number of amides is 1. The third-order valence-corrected chi connectivity index (χ3v) is 4.59. The van der Waals surface area contributed by atoms with Crippen molar-refractivity contribution >= 4 is 5.91 Å². The van der Waals surface area contributed by atoms with E-state index in [9.17, 15) is 4.79 Å². The summed E-state index contributed by atoms with van der Waals surface area (Å²) >= 11 is 0. The quantitative estimate of drug-likeness (QED) is 0.229. The second-order valence-electron chi connectivity index (χ2n) is 7.14. The lowest BCUT2D eigenvalue weighted by atomic mass is 10.1. The Kier molecular flexibility index (Phi) is 20.5. The van der Waals surface area contributed by atoms with Gasteiger partial charge >= 0.3 is 0 Å². The van der Waals surface area contributed by atoms with Crippen LogP contribution in [0.5, 0.6) is 0 Å². The van der Waals surface area contributed by atoms with Crippen molar-refractivity contribution in [2.24, 2.45) is 0 Å². The molecule has 0 aromatic heterocycles. The van der Waals surface area contributed by atoms with E-state index in [0.717, 1.165) is 25.9 Å². The molecule has 0 heterocycles. The highest BCUT2D eigenvalue weighted by molar-refractivity contribution is 5.75. The minimum atomic E-state index is 0.216. The van der Waals surface area contributed by atoms with E-state index in [1.807, 2.05) is 7.05 Å². The molecule has 3 heteroatoms. The van der Waals surface area contributed by atoms with Gasteiger partial charge in [-0.15, -0.1) is 0 Å². The maximum atomic E-state index is 11.6. The highest BCUT2D eigenvalue weighted by Crippen LogP contribution is 2.09. The van der Waals surface area contributed by atoms with E-state index in [-0.39, 0.29) is 5.91 Å². The number of carbonyl (C=O) groups is 1. The van der Waals surface area contributed by atoms with E-state index in [1.54, 1.807) is 0 Å². The molecule has 1 amide bonds. The van der Waals surface area contributed by atoms with Gasteiger partial charge in [-0.3, -0.25) is 4.79 Å². The van der Waals surface area contributed by atoms with E-state index in [4.69, 9.17) is 0 Å². The molecule has 0 rings (SSSR count). The molecule has 0 unspecified atom stereocenters. The molecular formula is C22H44N2O. The van der Waals surface area contributed by atoms with Crippen molar-refractivity contribution in [3.8, 4) is 0 Å². The number of allylic oxidation sites excluding steroid dienone is 2. The Balaban J connectivity index is 3.17. The van der Waals surface area contributed by atoms with Crippen LogP contribution in [-0.4, -0.2) is 26.0 Å². The van der Waals surface area contributed by atoms with Gasteiger partial charge in [-0.25, -0.2) is 0 Å². The van der Waals surface area contributed by atoms with Crippen molar-refractivity contribution in [2.75, 3.05) is 20.1 Å². The van der Waals surface area contributed by atoms with Gasteiger partial charge in [0.15, 0.2) is 0 Å². The Hall–Kier alpha value is -0.830. The second-order valence-corrected chi connectivity index (χ2v) is 7.14. The van der Waals surface area contributed by atoms with E-state index in [1.165, 1.54) is 77.0 Å². The van der Waals surface area contributed by atoms with Crippen LogP contribution < -0.4 is 10.6 Å². The van der Waals surface area contributed by atoms with E-state index >= 15 is 0 Å². The normalized spacial score (nSPS) is 11.3. The second kappa shape index (κ2) is 21.2. The summed E-state index contributed by atoms with van der Waals surface area (Å²) in [6.45, 7) is 4.03.